The molecule has 0 aromatic rings. The average Bonchev–Trinajstić information content (AvgIpc) is 2.78. The van der Waals surface area contributed by atoms with Gasteiger partial charge in [-0.1, -0.05) is 25.5 Å². The highest BCUT2D eigenvalue weighted by Crippen LogP contribution is 2.50. The number of aliphatic hydroxyl groups excluding tert-OH is 1. The fourth-order valence-electron chi connectivity index (χ4n) is 3.58. The summed E-state index contributed by atoms with van der Waals surface area (Å²) in [5.41, 5.74) is 1.20. The smallest absolute Gasteiger partial charge is 0.0580 e. The van der Waals surface area contributed by atoms with E-state index in [0.29, 0.717) is 0 Å². The zero-order valence-electron chi connectivity index (χ0n) is 9.91. The molecular formula is C14H24O. The van der Waals surface area contributed by atoms with Gasteiger partial charge in [0.25, 0.3) is 0 Å². The normalized spacial score (nSPS) is 35.7. The first-order valence-corrected chi connectivity index (χ1v) is 6.53. The first-order valence-electron chi connectivity index (χ1n) is 6.53. The van der Waals surface area contributed by atoms with Crippen LogP contribution in [0.2, 0.25) is 0 Å². The molecule has 0 radical (unpaired) electrons. The first kappa shape index (κ1) is 11.2. The highest BCUT2D eigenvalue weighted by molar-refractivity contribution is 4.97. The Balaban J connectivity index is 1.75. The van der Waals surface area contributed by atoms with Gasteiger partial charge in [0, 0.05) is 0 Å². The molecule has 0 heterocycles. The van der Waals surface area contributed by atoms with E-state index in [1.54, 1.807) is 0 Å². The topological polar surface area (TPSA) is 20.2 Å². The van der Waals surface area contributed by atoms with E-state index >= 15 is 0 Å². The molecule has 0 aliphatic heterocycles. The van der Waals surface area contributed by atoms with Crippen LogP contribution in [0.25, 0.3) is 0 Å². The summed E-state index contributed by atoms with van der Waals surface area (Å²) in [6.45, 7) is 6.09. The summed E-state index contributed by atoms with van der Waals surface area (Å²) in [4.78, 5) is 0. The summed E-state index contributed by atoms with van der Waals surface area (Å²) in [5, 5.41) is 9.98. The Labute approximate surface area is 93.6 Å². The lowest BCUT2D eigenvalue weighted by atomic mass is 9.84. The van der Waals surface area contributed by atoms with Crippen LogP contribution < -0.4 is 0 Å². The molecule has 2 saturated carbocycles. The van der Waals surface area contributed by atoms with Crippen molar-refractivity contribution in [3.8, 4) is 0 Å². The third kappa shape index (κ3) is 2.63. The molecule has 86 valence electrons. The van der Waals surface area contributed by atoms with Gasteiger partial charge in [0.1, 0.15) is 0 Å². The monoisotopic (exact) mass is 208 g/mol. The zero-order valence-corrected chi connectivity index (χ0v) is 9.91. The maximum absolute atomic E-state index is 9.98. The molecular weight excluding hydrogens is 184 g/mol. The van der Waals surface area contributed by atoms with Crippen molar-refractivity contribution >= 4 is 0 Å². The molecule has 1 nitrogen and oxygen atoms in total. The molecule has 4 unspecified atom stereocenters. The lowest BCUT2D eigenvalue weighted by molar-refractivity contribution is 0.124. The Bertz CT molecular complexity index is 233. The van der Waals surface area contributed by atoms with Gasteiger partial charge in [0.2, 0.25) is 0 Å². The lowest BCUT2D eigenvalue weighted by Crippen LogP contribution is -2.18. The van der Waals surface area contributed by atoms with E-state index in [-0.39, 0.29) is 6.10 Å². The lowest BCUT2D eigenvalue weighted by Gasteiger charge is -2.24. The van der Waals surface area contributed by atoms with Crippen LogP contribution in [0.4, 0.5) is 0 Å². The Kier molecular flexibility index (Phi) is 3.50. The standard InChI is InChI=1S/C14H24O/c1-3-10(2)6-14(15)9-13-8-11-4-5-12(13)7-11/h11-15H,2-9H2,1H3. The van der Waals surface area contributed by atoms with Crippen LogP contribution in [0.5, 0.6) is 0 Å². The largest absolute Gasteiger partial charge is 0.393 e. The number of hydrogen-bond acceptors (Lipinski definition) is 1. The summed E-state index contributed by atoms with van der Waals surface area (Å²) in [6, 6.07) is 0. The fourth-order valence-corrected chi connectivity index (χ4v) is 3.58. The molecule has 2 aliphatic carbocycles. The van der Waals surface area contributed by atoms with Crippen molar-refractivity contribution in [1.29, 1.82) is 0 Å². The predicted octanol–water partition coefficient (Wildman–Crippen LogP) is 3.53. The first-order chi connectivity index (χ1) is 7.19. The van der Waals surface area contributed by atoms with E-state index in [2.05, 4.69) is 13.5 Å². The molecule has 0 aromatic carbocycles. The van der Waals surface area contributed by atoms with E-state index in [4.69, 9.17) is 0 Å². The summed E-state index contributed by atoms with van der Waals surface area (Å²) < 4.78 is 0. The summed E-state index contributed by atoms with van der Waals surface area (Å²) in [5.74, 6) is 2.77. The molecule has 2 rings (SSSR count). The molecule has 2 fully saturated rings. The molecule has 0 aromatic heterocycles. The van der Waals surface area contributed by atoms with E-state index in [0.717, 1.165) is 37.0 Å². The molecule has 2 aliphatic rings. The molecule has 1 heteroatoms. The second kappa shape index (κ2) is 4.69. The molecule has 1 N–H and O–H groups in total. The van der Waals surface area contributed by atoms with Crippen LogP contribution >= 0.6 is 0 Å². The highest BCUT2D eigenvalue weighted by Gasteiger charge is 2.39. The summed E-state index contributed by atoms with van der Waals surface area (Å²) in [6.07, 6.45) is 8.46. The van der Waals surface area contributed by atoms with Crippen LogP contribution in [-0.2, 0) is 0 Å². The minimum atomic E-state index is -0.123. The van der Waals surface area contributed by atoms with Gasteiger partial charge in [-0.2, -0.15) is 0 Å². The van der Waals surface area contributed by atoms with Crippen molar-refractivity contribution in [3.63, 3.8) is 0 Å². The van der Waals surface area contributed by atoms with E-state index in [1.165, 1.54) is 31.3 Å². The number of aliphatic hydroxyl groups is 1. The highest BCUT2D eigenvalue weighted by atomic mass is 16.3. The number of rotatable bonds is 5. The van der Waals surface area contributed by atoms with Crippen LogP contribution in [0, 0.1) is 17.8 Å². The number of hydrogen-bond donors (Lipinski definition) is 1. The van der Waals surface area contributed by atoms with Gasteiger partial charge in [-0.25, -0.2) is 0 Å². The van der Waals surface area contributed by atoms with Gasteiger partial charge >= 0.3 is 0 Å². The van der Waals surface area contributed by atoms with E-state index < -0.39 is 0 Å². The van der Waals surface area contributed by atoms with Gasteiger partial charge in [-0.05, 0) is 56.3 Å². The van der Waals surface area contributed by atoms with E-state index in [1.807, 2.05) is 0 Å². The Morgan fingerprint density at radius 3 is 2.73 bits per heavy atom. The SMILES string of the molecule is C=C(CC)CC(O)CC1CC2CCC1C2. The molecule has 0 spiro atoms. The predicted molar refractivity (Wildman–Crippen MR) is 63.6 cm³/mol. The minimum absolute atomic E-state index is 0.123. The third-order valence-corrected chi connectivity index (χ3v) is 4.48. The van der Waals surface area contributed by atoms with Gasteiger partial charge in [-0.15, -0.1) is 0 Å². The second-order valence-corrected chi connectivity index (χ2v) is 5.63. The van der Waals surface area contributed by atoms with Gasteiger partial charge in [-0.3, -0.25) is 0 Å². The average molecular weight is 208 g/mol. The van der Waals surface area contributed by atoms with Crippen molar-refractivity contribution in [2.24, 2.45) is 17.8 Å². The fraction of sp³-hybridized carbons (Fsp3) is 0.857. The summed E-state index contributed by atoms with van der Waals surface area (Å²) in [7, 11) is 0. The maximum atomic E-state index is 9.98. The zero-order chi connectivity index (χ0) is 10.8. The van der Waals surface area contributed by atoms with Gasteiger partial charge < -0.3 is 5.11 Å². The summed E-state index contributed by atoms with van der Waals surface area (Å²) >= 11 is 0. The quantitative estimate of drug-likeness (QED) is 0.685. The molecule has 0 saturated heterocycles. The van der Waals surface area contributed by atoms with Crippen molar-refractivity contribution in [3.05, 3.63) is 12.2 Å². The van der Waals surface area contributed by atoms with Crippen LogP contribution in [0.3, 0.4) is 0 Å². The van der Waals surface area contributed by atoms with Gasteiger partial charge in [0.05, 0.1) is 6.10 Å². The third-order valence-electron chi connectivity index (χ3n) is 4.48. The second-order valence-electron chi connectivity index (χ2n) is 5.63. The van der Waals surface area contributed by atoms with Crippen LogP contribution in [-0.4, -0.2) is 11.2 Å². The van der Waals surface area contributed by atoms with E-state index in [9.17, 15) is 5.11 Å². The van der Waals surface area contributed by atoms with Crippen LogP contribution in [0.15, 0.2) is 12.2 Å². The molecule has 15 heavy (non-hydrogen) atoms. The molecule has 0 amide bonds. The minimum Gasteiger partial charge on any atom is -0.393 e. The Morgan fingerprint density at radius 1 is 1.40 bits per heavy atom. The molecule has 2 bridgehead atoms. The van der Waals surface area contributed by atoms with Crippen molar-refractivity contribution in [1.82, 2.24) is 0 Å². The van der Waals surface area contributed by atoms with Gasteiger partial charge in [0.15, 0.2) is 0 Å². The van der Waals surface area contributed by atoms with Crippen molar-refractivity contribution < 1.29 is 5.11 Å². The number of fused-ring (bicyclic) bond motifs is 2. The van der Waals surface area contributed by atoms with Crippen LogP contribution in [0.1, 0.15) is 51.9 Å². The van der Waals surface area contributed by atoms with Crippen molar-refractivity contribution in [2.75, 3.05) is 0 Å². The van der Waals surface area contributed by atoms with Crippen molar-refractivity contribution in [2.45, 2.75) is 58.0 Å². The molecule has 4 atom stereocenters. The Morgan fingerprint density at radius 2 is 2.20 bits per heavy atom. The maximum Gasteiger partial charge on any atom is 0.0580 e. The Hall–Kier alpha value is -0.300.